The van der Waals surface area contributed by atoms with Gasteiger partial charge in [-0.25, -0.2) is 4.79 Å². The Morgan fingerprint density at radius 3 is 2.95 bits per heavy atom. The van der Waals surface area contributed by atoms with Crippen LogP contribution in [-0.4, -0.2) is 31.2 Å². The molecule has 0 spiro atoms. The summed E-state index contributed by atoms with van der Waals surface area (Å²) in [7, 11) is 1.34. The maximum atomic E-state index is 11.2. The summed E-state index contributed by atoms with van der Waals surface area (Å²) in [5, 5.41) is 4.33. The highest BCUT2D eigenvalue weighted by Crippen LogP contribution is 2.17. The summed E-state index contributed by atoms with van der Waals surface area (Å²) < 4.78 is 9.96. The molecule has 0 unspecified atom stereocenters. The zero-order chi connectivity index (χ0) is 15.1. The van der Waals surface area contributed by atoms with E-state index in [0.29, 0.717) is 19.0 Å². The van der Waals surface area contributed by atoms with Gasteiger partial charge in [-0.15, -0.1) is 0 Å². The lowest BCUT2D eigenvalue weighted by molar-refractivity contribution is -0.135. The fourth-order valence-corrected chi connectivity index (χ4v) is 2.12. The lowest BCUT2D eigenvalue weighted by Gasteiger charge is -2.10. The number of carbonyl (C=O) groups is 1. The molecule has 5 heteroatoms. The smallest absolute Gasteiger partial charge is 0.335 e. The minimum Gasteiger partial charge on any atom is -0.479 e. The number of H-pyrrole nitrogens is 1. The number of para-hydroxylation sites is 1. The second kappa shape index (κ2) is 7.38. The standard InChI is InChI=1S/C16H20N2O3/c1-3-21-15(10-16(19)20-2)17-9-8-12-11-18-14-7-5-4-6-13(12)14/h4-7,10-11,17-18H,3,8-9H2,1-2H3/b15-10-. The van der Waals surface area contributed by atoms with Crippen LogP contribution in [0.5, 0.6) is 0 Å². The Bertz CT molecular complexity index is 631. The van der Waals surface area contributed by atoms with E-state index in [1.165, 1.54) is 24.1 Å². The van der Waals surface area contributed by atoms with Gasteiger partial charge in [0.2, 0.25) is 0 Å². The molecule has 1 heterocycles. The predicted molar refractivity (Wildman–Crippen MR) is 81.7 cm³/mol. The van der Waals surface area contributed by atoms with Crippen molar-refractivity contribution in [1.82, 2.24) is 10.3 Å². The molecule has 0 aliphatic heterocycles. The Balaban J connectivity index is 1.96. The van der Waals surface area contributed by atoms with Crippen LogP contribution in [-0.2, 0) is 20.7 Å². The summed E-state index contributed by atoms with van der Waals surface area (Å²) in [5.41, 5.74) is 2.36. The molecule has 0 amide bonds. The number of aromatic amines is 1. The van der Waals surface area contributed by atoms with Crippen LogP contribution in [0.25, 0.3) is 10.9 Å². The number of fused-ring (bicyclic) bond motifs is 1. The Kier molecular flexibility index (Phi) is 5.26. The molecule has 2 rings (SSSR count). The summed E-state index contributed by atoms with van der Waals surface area (Å²) in [4.78, 5) is 14.5. The zero-order valence-electron chi connectivity index (χ0n) is 12.3. The highest BCUT2D eigenvalue weighted by molar-refractivity contribution is 5.83. The van der Waals surface area contributed by atoms with Gasteiger partial charge in [0.15, 0.2) is 5.88 Å². The number of ether oxygens (including phenoxy) is 2. The topological polar surface area (TPSA) is 63.4 Å². The molecule has 0 saturated carbocycles. The average molecular weight is 288 g/mol. The number of carbonyl (C=O) groups excluding carboxylic acids is 1. The van der Waals surface area contributed by atoms with Gasteiger partial charge in [0.05, 0.1) is 19.8 Å². The third-order valence-corrected chi connectivity index (χ3v) is 3.12. The van der Waals surface area contributed by atoms with Crippen molar-refractivity contribution < 1.29 is 14.3 Å². The second-order valence-corrected chi connectivity index (χ2v) is 4.50. The van der Waals surface area contributed by atoms with Crippen molar-refractivity contribution in [3.63, 3.8) is 0 Å². The Labute approximate surface area is 123 Å². The van der Waals surface area contributed by atoms with E-state index in [-0.39, 0.29) is 0 Å². The van der Waals surface area contributed by atoms with Crippen molar-refractivity contribution in [2.75, 3.05) is 20.3 Å². The molecule has 0 radical (unpaired) electrons. The van der Waals surface area contributed by atoms with Crippen molar-refractivity contribution in [2.45, 2.75) is 13.3 Å². The first kappa shape index (κ1) is 15.0. The number of hydrogen-bond donors (Lipinski definition) is 2. The fourth-order valence-electron chi connectivity index (χ4n) is 2.12. The molecule has 0 atom stereocenters. The van der Waals surface area contributed by atoms with Gasteiger partial charge in [-0.1, -0.05) is 18.2 Å². The van der Waals surface area contributed by atoms with E-state index in [1.54, 1.807) is 0 Å². The number of rotatable bonds is 7. The Morgan fingerprint density at radius 1 is 1.38 bits per heavy atom. The normalized spacial score (nSPS) is 11.4. The van der Waals surface area contributed by atoms with Crippen LogP contribution in [0.15, 0.2) is 42.4 Å². The van der Waals surface area contributed by atoms with Gasteiger partial charge in [-0.2, -0.15) is 0 Å². The molecular weight excluding hydrogens is 268 g/mol. The molecule has 112 valence electrons. The Hall–Kier alpha value is -2.43. The number of nitrogens with one attached hydrogen (secondary N) is 2. The van der Waals surface area contributed by atoms with E-state index in [9.17, 15) is 4.79 Å². The van der Waals surface area contributed by atoms with Crippen molar-refractivity contribution in [3.05, 3.63) is 48.0 Å². The molecule has 0 saturated heterocycles. The van der Waals surface area contributed by atoms with Gasteiger partial charge in [0.25, 0.3) is 0 Å². The van der Waals surface area contributed by atoms with Crippen LogP contribution >= 0.6 is 0 Å². The van der Waals surface area contributed by atoms with E-state index >= 15 is 0 Å². The number of methoxy groups -OCH3 is 1. The SMILES string of the molecule is CCO/C(=C\C(=O)OC)NCCc1c[nH]c2ccccc12. The van der Waals surface area contributed by atoms with Crippen molar-refractivity contribution in [2.24, 2.45) is 0 Å². The van der Waals surface area contributed by atoms with Gasteiger partial charge in [0, 0.05) is 23.6 Å². The lowest BCUT2D eigenvalue weighted by atomic mass is 10.1. The highest BCUT2D eigenvalue weighted by Gasteiger charge is 2.05. The van der Waals surface area contributed by atoms with E-state index in [1.807, 2.05) is 25.3 Å². The largest absolute Gasteiger partial charge is 0.479 e. The minimum atomic E-state index is -0.432. The average Bonchev–Trinajstić information content (AvgIpc) is 2.91. The van der Waals surface area contributed by atoms with Crippen molar-refractivity contribution in [1.29, 1.82) is 0 Å². The van der Waals surface area contributed by atoms with Crippen LogP contribution in [0.1, 0.15) is 12.5 Å². The molecule has 2 N–H and O–H groups in total. The molecule has 0 bridgehead atoms. The predicted octanol–water partition coefficient (Wildman–Crippen LogP) is 2.35. The third-order valence-electron chi connectivity index (χ3n) is 3.12. The number of hydrogen-bond acceptors (Lipinski definition) is 4. The molecule has 0 fully saturated rings. The van der Waals surface area contributed by atoms with E-state index in [2.05, 4.69) is 27.2 Å². The summed E-state index contributed by atoms with van der Waals surface area (Å²) in [6, 6.07) is 8.17. The molecule has 2 aromatic rings. The molecular formula is C16H20N2O3. The number of benzene rings is 1. The monoisotopic (exact) mass is 288 g/mol. The molecule has 1 aromatic heterocycles. The van der Waals surface area contributed by atoms with Crippen LogP contribution < -0.4 is 5.32 Å². The maximum absolute atomic E-state index is 11.2. The van der Waals surface area contributed by atoms with E-state index < -0.39 is 5.97 Å². The van der Waals surface area contributed by atoms with Crippen LogP contribution in [0.2, 0.25) is 0 Å². The molecule has 21 heavy (non-hydrogen) atoms. The summed E-state index contributed by atoms with van der Waals surface area (Å²) >= 11 is 0. The number of esters is 1. The van der Waals surface area contributed by atoms with Crippen molar-refractivity contribution in [3.8, 4) is 0 Å². The minimum absolute atomic E-state index is 0.432. The summed E-state index contributed by atoms with van der Waals surface area (Å²) in [6.45, 7) is 3.03. The van der Waals surface area contributed by atoms with Gasteiger partial charge in [0.1, 0.15) is 0 Å². The Morgan fingerprint density at radius 2 is 2.19 bits per heavy atom. The van der Waals surface area contributed by atoms with Crippen LogP contribution in [0, 0.1) is 0 Å². The highest BCUT2D eigenvalue weighted by atomic mass is 16.5. The van der Waals surface area contributed by atoms with Gasteiger partial charge >= 0.3 is 5.97 Å². The molecule has 1 aromatic carbocycles. The first-order valence-electron chi connectivity index (χ1n) is 6.96. The van der Waals surface area contributed by atoms with Crippen LogP contribution in [0.3, 0.4) is 0 Å². The van der Waals surface area contributed by atoms with E-state index in [4.69, 9.17) is 4.74 Å². The maximum Gasteiger partial charge on any atom is 0.335 e. The molecule has 5 nitrogen and oxygen atoms in total. The molecule has 0 aliphatic carbocycles. The van der Waals surface area contributed by atoms with Gasteiger partial charge < -0.3 is 19.8 Å². The number of aromatic nitrogens is 1. The fraction of sp³-hybridized carbons (Fsp3) is 0.312. The quantitative estimate of drug-likeness (QED) is 0.466. The first-order valence-corrected chi connectivity index (χ1v) is 6.96. The van der Waals surface area contributed by atoms with Crippen molar-refractivity contribution >= 4 is 16.9 Å². The summed E-state index contributed by atoms with van der Waals surface area (Å²) in [5.74, 6) is 0.00207. The lowest BCUT2D eigenvalue weighted by Crippen LogP contribution is -2.20. The van der Waals surface area contributed by atoms with E-state index in [0.717, 1.165) is 11.9 Å². The summed E-state index contributed by atoms with van der Waals surface area (Å²) in [6.07, 6.45) is 4.16. The van der Waals surface area contributed by atoms with Gasteiger partial charge in [-0.05, 0) is 25.0 Å². The molecule has 0 aliphatic rings. The van der Waals surface area contributed by atoms with Gasteiger partial charge in [-0.3, -0.25) is 0 Å². The second-order valence-electron chi connectivity index (χ2n) is 4.50. The third kappa shape index (κ3) is 4.02. The van der Waals surface area contributed by atoms with Crippen LogP contribution in [0.4, 0.5) is 0 Å². The first-order chi connectivity index (χ1) is 10.2. The zero-order valence-corrected chi connectivity index (χ0v) is 12.3.